The lowest BCUT2D eigenvalue weighted by Crippen LogP contribution is -2.39. The Hall–Kier alpha value is -2.42. The number of amides is 2. The van der Waals surface area contributed by atoms with Gasteiger partial charge in [0.15, 0.2) is 0 Å². The number of nitrogens with zero attached hydrogens (tertiary/aromatic N) is 2. The first kappa shape index (κ1) is 16.9. The Morgan fingerprint density at radius 1 is 1.30 bits per heavy atom. The Balaban J connectivity index is 2.03. The highest BCUT2D eigenvalue weighted by Crippen LogP contribution is 2.29. The average molecular weight is 314 g/mol. The van der Waals surface area contributed by atoms with Crippen LogP contribution in [0.3, 0.4) is 0 Å². The van der Waals surface area contributed by atoms with Crippen molar-refractivity contribution >= 4 is 17.5 Å². The molecule has 1 aromatic heterocycles. The van der Waals surface area contributed by atoms with Gasteiger partial charge >= 0.3 is 0 Å². The van der Waals surface area contributed by atoms with Crippen molar-refractivity contribution in [1.29, 1.82) is 5.26 Å². The van der Waals surface area contributed by atoms with Gasteiger partial charge in [0.25, 0.3) is 0 Å². The van der Waals surface area contributed by atoms with Gasteiger partial charge in [-0.15, -0.1) is 0 Å². The number of carbonyl (C=O) groups excluding carboxylic acids is 2. The summed E-state index contributed by atoms with van der Waals surface area (Å²) >= 11 is 0. The quantitative estimate of drug-likeness (QED) is 0.622. The molecule has 6 nitrogen and oxygen atoms in total. The zero-order chi connectivity index (χ0) is 16.5. The van der Waals surface area contributed by atoms with E-state index in [2.05, 4.69) is 15.6 Å². The monoisotopic (exact) mass is 314 g/mol. The van der Waals surface area contributed by atoms with Gasteiger partial charge in [-0.3, -0.25) is 14.6 Å². The number of nitriles is 1. The van der Waals surface area contributed by atoms with E-state index < -0.39 is 5.92 Å². The topological polar surface area (TPSA) is 94.9 Å². The molecule has 1 saturated carbocycles. The summed E-state index contributed by atoms with van der Waals surface area (Å²) < 4.78 is 0. The molecule has 1 aliphatic carbocycles. The number of aromatic nitrogens is 1. The first-order valence-corrected chi connectivity index (χ1v) is 8.06. The third-order valence-electron chi connectivity index (χ3n) is 4.20. The largest absolute Gasteiger partial charge is 0.342 e. The second-order valence-corrected chi connectivity index (χ2v) is 5.90. The lowest BCUT2D eigenvalue weighted by molar-refractivity contribution is -0.133. The third-order valence-corrected chi connectivity index (χ3v) is 4.20. The molecule has 0 spiro atoms. The highest BCUT2D eigenvalue weighted by molar-refractivity contribution is 6.06. The molecule has 1 fully saturated rings. The van der Waals surface area contributed by atoms with Crippen LogP contribution in [0.2, 0.25) is 0 Å². The van der Waals surface area contributed by atoms with Gasteiger partial charge in [-0.05, 0) is 24.5 Å². The number of anilines is 1. The van der Waals surface area contributed by atoms with E-state index in [1.165, 1.54) is 6.42 Å². The normalized spacial score (nSPS) is 16.1. The second-order valence-electron chi connectivity index (χ2n) is 5.90. The highest BCUT2D eigenvalue weighted by Gasteiger charge is 2.30. The van der Waals surface area contributed by atoms with Crippen LogP contribution in [0.25, 0.3) is 0 Å². The summed E-state index contributed by atoms with van der Waals surface area (Å²) in [6.07, 6.45) is 9.35. The molecular formula is C17H22N4O2. The molecule has 2 rings (SSSR count). The molecule has 0 aliphatic heterocycles. The van der Waals surface area contributed by atoms with Gasteiger partial charge in [-0.2, -0.15) is 5.26 Å². The van der Waals surface area contributed by atoms with Crippen LogP contribution in [0.5, 0.6) is 0 Å². The molecule has 0 bridgehead atoms. The summed E-state index contributed by atoms with van der Waals surface area (Å²) in [5, 5.41) is 13.9. The van der Waals surface area contributed by atoms with Crippen LogP contribution < -0.4 is 10.6 Å². The molecule has 23 heavy (non-hydrogen) atoms. The van der Waals surface area contributed by atoms with Gasteiger partial charge in [-0.1, -0.05) is 32.1 Å². The van der Waals surface area contributed by atoms with Crippen LogP contribution in [0, 0.1) is 23.2 Å². The van der Waals surface area contributed by atoms with E-state index in [9.17, 15) is 9.59 Å². The van der Waals surface area contributed by atoms with Crippen LogP contribution in [-0.4, -0.2) is 23.3 Å². The molecule has 0 saturated heterocycles. The van der Waals surface area contributed by atoms with Crippen molar-refractivity contribution in [3.8, 4) is 6.07 Å². The highest BCUT2D eigenvalue weighted by atomic mass is 16.2. The van der Waals surface area contributed by atoms with Crippen LogP contribution >= 0.6 is 0 Å². The van der Waals surface area contributed by atoms with E-state index >= 15 is 0 Å². The Morgan fingerprint density at radius 2 is 2.09 bits per heavy atom. The SMILES string of the molecule is N#CCNC(=O)C(CC1CCCCC1)C(=O)Nc1cccnc1. The molecule has 0 aromatic carbocycles. The smallest absolute Gasteiger partial charge is 0.236 e. The standard InChI is InChI=1S/C17H22N4O2/c18-8-10-20-16(22)15(11-13-5-2-1-3-6-13)17(23)21-14-7-4-9-19-12-14/h4,7,9,12-13,15H,1-3,5-6,10-11H2,(H,20,22)(H,21,23). The maximum atomic E-state index is 12.5. The first-order valence-electron chi connectivity index (χ1n) is 8.06. The van der Waals surface area contributed by atoms with E-state index in [0.29, 0.717) is 18.0 Å². The van der Waals surface area contributed by atoms with Gasteiger partial charge in [0.2, 0.25) is 11.8 Å². The summed E-state index contributed by atoms with van der Waals surface area (Å²) in [6.45, 7) is -0.0832. The fraction of sp³-hybridized carbons (Fsp3) is 0.529. The molecule has 0 radical (unpaired) electrons. The molecule has 122 valence electrons. The average Bonchev–Trinajstić information content (AvgIpc) is 2.59. The van der Waals surface area contributed by atoms with Crippen molar-refractivity contribution in [2.45, 2.75) is 38.5 Å². The maximum absolute atomic E-state index is 12.5. The van der Waals surface area contributed by atoms with Crippen molar-refractivity contribution in [3.05, 3.63) is 24.5 Å². The predicted molar refractivity (Wildman–Crippen MR) is 86.2 cm³/mol. The zero-order valence-corrected chi connectivity index (χ0v) is 13.1. The number of hydrogen-bond donors (Lipinski definition) is 2. The number of nitrogens with one attached hydrogen (secondary N) is 2. The van der Waals surface area contributed by atoms with Crippen molar-refractivity contribution in [1.82, 2.24) is 10.3 Å². The van der Waals surface area contributed by atoms with Gasteiger partial charge in [0.05, 0.1) is 18.0 Å². The van der Waals surface area contributed by atoms with Gasteiger partial charge < -0.3 is 10.6 Å². The van der Waals surface area contributed by atoms with E-state index in [1.807, 2.05) is 6.07 Å². The van der Waals surface area contributed by atoms with E-state index in [1.54, 1.807) is 24.5 Å². The first-order chi connectivity index (χ1) is 11.2. The number of hydrogen-bond acceptors (Lipinski definition) is 4. The number of pyridine rings is 1. The molecule has 1 aliphatic rings. The summed E-state index contributed by atoms with van der Waals surface area (Å²) in [4.78, 5) is 28.7. The molecule has 6 heteroatoms. The molecule has 1 atom stereocenters. The lowest BCUT2D eigenvalue weighted by Gasteiger charge is -2.25. The molecule has 2 N–H and O–H groups in total. The zero-order valence-electron chi connectivity index (χ0n) is 13.1. The van der Waals surface area contributed by atoms with Gasteiger partial charge in [0.1, 0.15) is 12.5 Å². The van der Waals surface area contributed by atoms with E-state index in [4.69, 9.17) is 5.26 Å². The van der Waals surface area contributed by atoms with Crippen LogP contribution in [0.15, 0.2) is 24.5 Å². The van der Waals surface area contributed by atoms with E-state index in [-0.39, 0.29) is 18.4 Å². The van der Waals surface area contributed by atoms with Gasteiger partial charge in [-0.25, -0.2) is 0 Å². The van der Waals surface area contributed by atoms with E-state index in [0.717, 1.165) is 25.7 Å². The molecule has 1 aromatic rings. The second kappa shape index (κ2) is 8.89. The Labute approximate surface area is 136 Å². The summed E-state index contributed by atoms with van der Waals surface area (Å²) in [6, 6.07) is 5.33. The molecule has 1 unspecified atom stereocenters. The molecule has 2 amide bonds. The minimum absolute atomic E-state index is 0.0832. The third kappa shape index (κ3) is 5.37. The Bertz CT molecular complexity index is 562. The Morgan fingerprint density at radius 3 is 2.74 bits per heavy atom. The fourth-order valence-corrected chi connectivity index (χ4v) is 3.01. The minimum atomic E-state index is -0.772. The van der Waals surface area contributed by atoms with Crippen molar-refractivity contribution in [2.24, 2.45) is 11.8 Å². The summed E-state index contributed by atoms with van der Waals surface area (Å²) in [7, 11) is 0. The van der Waals surface area contributed by atoms with Crippen LogP contribution in [0.4, 0.5) is 5.69 Å². The summed E-state index contributed by atoms with van der Waals surface area (Å²) in [5.74, 6) is -1.09. The van der Waals surface area contributed by atoms with Gasteiger partial charge in [0, 0.05) is 6.20 Å². The minimum Gasteiger partial charge on any atom is -0.342 e. The number of carbonyl (C=O) groups is 2. The van der Waals surface area contributed by atoms with Crippen molar-refractivity contribution in [2.75, 3.05) is 11.9 Å². The summed E-state index contributed by atoms with van der Waals surface area (Å²) in [5.41, 5.74) is 0.569. The van der Waals surface area contributed by atoms with Crippen LogP contribution in [-0.2, 0) is 9.59 Å². The fourth-order valence-electron chi connectivity index (χ4n) is 3.01. The van der Waals surface area contributed by atoms with Crippen molar-refractivity contribution in [3.63, 3.8) is 0 Å². The number of rotatable bonds is 6. The molecule has 1 heterocycles. The Kier molecular flexibility index (Phi) is 6.55. The van der Waals surface area contributed by atoms with Crippen LogP contribution in [0.1, 0.15) is 38.5 Å². The van der Waals surface area contributed by atoms with Crippen molar-refractivity contribution < 1.29 is 9.59 Å². The maximum Gasteiger partial charge on any atom is 0.236 e. The molecular weight excluding hydrogens is 292 g/mol. The predicted octanol–water partition coefficient (Wildman–Crippen LogP) is 2.25. The lowest BCUT2D eigenvalue weighted by atomic mass is 9.82.